The minimum Gasteiger partial charge on any atom is -0.351 e. The second-order valence-corrected chi connectivity index (χ2v) is 10.4. The quantitative estimate of drug-likeness (QED) is 0.272. The lowest BCUT2D eigenvalue weighted by Crippen LogP contribution is -2.34. The SMILES string of the molecule is O=C(Nc1cccc(C(F)(F)F)c1)N[C@H]1[C@@H]2C[C@H](Nc3nccc(Nc4cc(C5CCCC5)[nH]n4)n3)C[C@@H]21. The molecule has 12 heteroatoms. The second kappa shape index (κ2) is 9.80. The molecule has 3 aliphatic rings. The monoisotopic (exact) mass is 526 g/mol. The Balaban J connectivity index is 0.973. The van der Waals surface area contributed by atoms with Crippen LogP contribution < -0.4 is 21.3 Å². The summed E-state index contributed by atoms with van der Waals surface area (Å²) in [7, 11) is 0. The summed E-state index contributed by atoms with van der Waals surface area (Å²) in [5.41, 5.74) is 0.472. The van der Waals surface area contributed by atoms with Crippen LogP contribution in [0.4, 0.5) is 41.2 Å². The van der Waals surface area contributed by atoms with Gasteiger partial charge in [-0.15, -0.1) is 0 Å². The van der Waals surface area contributed by atoms with Crippen LogP contribution in [0.5, 0.6) is 0 Å². The predicted molar refractivity (Wildman–Crippen MR) is 136 cm³/mol. The van der Waals surface area contributed by atoms with E-state index in [1.807, 2.05) is 6.07 Å². The van der Waals surface area contributed by atoms with Gasteiger partial charge in [-0.2, -0.15) is 23.3 Å². The molecular formula is C26H29F3N8O. The number of nitrogens with one attached hydrogen (secondary N) is 5. The Morgan fingerprint density at radius 3 is 2.58 bits per heavy atom. The number of carbonyl (C=O) groups is 1. The van der Waals surface area contributed by atoms with E-state index in [2.05, 4.69) is 41.4 Å². The minimum absolute atomic E-state index is 0.0153. The topological polar surface area (TPSA) is 120 Å². The van der Waals surface area contributed by atoms with Crippen LogP contribution in [0.1, 0.15) is 55.7 Å². The number of aromatic amines is 1. The van der Waals surface area contributed by atoms with Gasteiger partial charge in [0, 0.05) is 41.6 Å². The van der Waals surface area contributed by atoms with Crippen molar-refractivity contribution in [3.63, 3.8) is 0 Å². The number of aromatic nitrogens is 4. The molecule has 0 bridgehead atoms. The number of hydrogen-bond donors (Lipinski definition) is 5. The number of hydrogen-bond acceptors (Lipinski definition) is 6. The van der Waals surface area contributed by atoms with Crippen molar-refractivity contribution < 1.29 is 18.0 Å². The van der Waals surface area contributed by atoms with E-state index in [0.717, 1.165) is 36.5 Å². The van der Waals surface area contributed by atoms with Crippen molar-refractivity contribution in [3.05, 3.63) is 53.9 Å². The smallest absolute Gasteiger partial charge is 0.351 e. The van der Waals surface area contributed by atoms with Gasteiger partial charge in [0.2, 0.25) is 5.95 Å². The van der Waals surface area contributed by atoms with Crippen LogP contribution in [0.3, 0.4) is 0 Å². The first-order valence-corrected chi connectivity index (χ1v) is 13.0. The summed E-state index contributed by atoms with van der Waals surface area (Å²) in [5, 5.41) is 19.5. The van der Waals surface area contributed by atoms with E-state index in [0.29, 0.717) is 29.5 Å². The van der Waals surface area contributed by atoms with Gasteiger partial charge in [0.1, 0.15) is 5.82 Å². The number of benzene rings is 1. The molecule has 200 valence electrons. The maximum atomic E-state index is 12.9. The molecule has 0 saturated heterocycles. The Hall–Kier alpha value is -3.83. The predicted octanol–water partition coefficient (Wildman–Crippen LogP) is 5.63. The third kappa shape index (κ3) is 5.39. The molecular weight excluding hydrogens is 497 g/mol. The number of halogens is 3. The molecule has 6 rings (SSSR count). The molecule has 3 aromatic rings. The van der Waals surface area contributed by atoms with Crippen molar-refractivity contribution in [1.29, 1.82) is 0 Å². The van der Waals surface area contributed by atoms with Crippen molar-refractivity contribution in [2.75, 3.05) is 16.0 Å². The van der Waals surface area contributed by atoms with Crippen LogP contribution >= 0.6 is 0 Å². The second-order valence-electron chi connectivity index (χ2n) is 10.4. The summed E-state index contributed by atoms with van der Waals surface area (Å²) < 4.78 is 38.7. The number of alkyl halides is 3. The van der Waals surface area contributed by atoms with E-state index in [4.69, 9.17) is 0 Å². The molecule has 0 unspecified atom stereocenters. The zero-order chi connectivity index (χ0) is 26.3. The molecule has 0 spiro atoms. The van der Waals surface area contributed by atoms with E-state index in [1.165, 1.54) is 37.8 Å². The molecule has 0 radical (unpaired) electrons. The summed E-state index contributed by atoms with van der Waals surface area (Å²) in [6, 6.07) is 8.16. The van der Waals surface area contributed by atoms with Gasteiger partial charge in [0.05, 0.1) is 5.56 Å². The largest absolute Gasteiger partial charge is 0.416 e. The fourth-order valence-corrected chi connectivity index (χ4v) is 5.92. The molecule has 9 nitrogen and oxygen atoms in total. The van der Waals surface area contributed by atoms with Crippen LogP contribution in [0, 0.1) is 11.8 Å². The molecule has 3 saturated carbocycles. The Bertz CT molecular complexity index is 1290. The lowest BCUT2D eigenvalue weighted by atomic mass is 10.0. The van der Waals surface area contributed by atoms with E-state index < -0.39 is 17.8 Å². The maximum Gasteiger partial charge on any atom is 0.416 e. The number of rotatable bonds is 7. The first kappa shape index (κ1) is 24.5. The molecule has 5 N–H and O–H groups in total. The van der Waals surface area contributed by atoms with E-state index in [9.17, 15) is 18.0 Å². The zero-order valence-electron chi connectivity index (χ0n) is 20.6. The molecule has 3 fully saturated rings. The van der Waals surface area contributed by atoms with E-state index in [1.54, 1.807) is 12.3 Å². The average Bonchev–Trinajstić information content (AvgIpc) is 3.40. The van der Waals surface area contributed by atoms with Crippen molar-refractivity contribution >= 4 is 29.3 Å². The normalized spacial score (nSPS) is 24.6. The molecule has 38 heavy (non-hydrogen) atoms. The Labute approximate surface area is 217 Å². The van der Waals surface area contributed by atoms with Gasteiger partial charge in [-0.25, -0.2) is 9.78 Å². The van der Waals surface area contributed by atoms with Gasteiger partial charge in [0.25, 0.3) is 0 Å². The summed E-state index contributed by atoms with van der Waals surface area (Å²) in [5.74, 6) is 3.11. The summed E-state index contributed by atoms with van der Waals surface area (Å²) in [4.78, 5) is 21.2. The van der Waals surface area contributed by atoms with Gasteiger partial charge >= 0.3 is 12.2 Å². The van der Waals surface area contributed by atoms with Crippen LogP contribution in [0.25, 0.3) is 0 Å². The van der Waals surface area contributed by atoms with Gasteiger partial charge in [-0.05, 0) is 61.8 Å². The van der Waals surface area contributed by atoms with Gasteiger partial charge in [-0.1, -0.05) is 18.9 Å². The van der Waals surface area contributed by atoms with Crippen molar-refractivity contribution in [3.8, 4) is 0 Å². The first-order valence-electron chi connectivity index (χ1n) is 13.0. The summed E-state index contributed by atoms with van der Waals surface area (Å²) in [6.45, 7) is 0. The van der Waals surface area contributed by atoms with Gasteiger partial charge < -0.3 is 21.3 Å². The molecule has 2 amide bonds. The Morgan fingerprint density at radius 1 is 1.03 bits per heavy atom. The highest BCUT2D eigenvalue weighted by molar-refractivity contribution is 5.89. The Kier molecular flexibility index (Phi) is 6.32. The summed E-state index contributed by atoms with van der Waals surface area (Å²) in [6.07, 6.45) is 3.86. The highest BCUT2D eigenvalue weighted by Crippen LogP contribution is 2.52. The number of anilines is 4. The highest BCUT2D eigenvalue weighted by atomic mass is 19.4. The van der Waals surface area contributed by atoms with E-state index >= 15 is 0 Å². The van der Waals surface area contributed by atoms with Crippen LogP contribution in [0.2, 0.25) is 0 Å². The fraction of sp³-hybridized carbons (Fsp3) is 0.462. The third-order valence-corrected chi connectivity index (χ3v) is 7.83. The van der Waals surface area contributed by atoms with Gasteiger partial charge in [-0.3, -0.25) is 5.10 Å². The van der Waals surface area contributed by atoms with Crippen molar-refractivity contribution in [1.82, 2.24) is 25.5 Å². The third-order valence-electron chi connectivity index (χ3n) is 7.83. The summed E-state index contributed by atoms with van der Waals surface area (Å²) >= 11 is 0. The fourth-order valence-electron chi connectivity index (χ4n) is 5.92. The van der Waals surface area contributed by atoms with Crippen LogP contribution in [-0.2, 0) is 6.18 Å². The van der Waals surface area contributed by atoms with Crippen LogP contribution in [0.15, 0.2) is 42.6 Å². The number of nitrogens with zero attached hydrogens (tertiary/aromatic N) is 3. The van der Waals surface area contributed by atoms with Crippen molar-refractivity contribution in [2.24, 2.45) is 11.8 Å². The maximum absolute atomic E-state index is 12.9. The molecule has 4 atom stereocenters. The minimum atomic E-state index is -4.46. The number of urea groups is 1. The zero-order valence-corrected chi connectivity index (χ0v) is 20.6. The molecule has 3 aliphatic carbocycles. The molecule has 2 heterocycles. The average molecular weight is 527 g/mol. The number of fused-ring (bicyclic) bond motifs is 1. The molecule has 0 aliphatic heterocycles. The lowest BCUT2D eigenvalue weighted by molar-refractivity contribution is -0.137. The number of H-pyrrole nitrogens is 1. The molecule has 2 aromatic heterocycles. The molecule has 1 aromatic carbocycles. The number of carbonyl (C=O) groups excluding carboxylic acids is 1. The van der Waals surface area contributed by atoms with Crippen molar-refractivity contribution in [2.45, 2.75) is 62.7 Å². The van der Waals surface area contributed by atoms with E-state index in [-0.39, 0.29) is 17.8 Å². The first-order chi connectivity index (χ1) is 18.3. The lowest BCUT2D eigenvalue weighted by Gasteiger charge is -2.17. The standard InChI is InChI=1S/C26H29F3N8O/c27-26(28,29)15-6-3-7-16(10-15)32-25(38)35-23-18-11-17(12-19(18)23)31-24-30-9-8-21(34-24)33-22-13-20(36-37-22)14-4-1-2-5-14/h3,6-10,13-14,17-19,23H,1-2,4-5,11-12H2,(H2,32,35,38)(H3,30,31,33,34,36,37)/t17-,18+,19-,23-. The van der Waals surface area contributed by atoms with Crippen LogP contribution in [-0.4, -0.2) is 38.3 Å². The van der Waals surface area contributed by atoms with Gasteiger partial charge in [0.15, 0.2) is 5.82 Å². The number of amides is 2. The Morgan fingerprint density at radius 2 is 1.82 bits per heavy atom. The highest BCUT2D eigenvalue weighted by Gasteiger charge is 2.56.